The second-order valence-corrected chi connectivity index (χ2v) is 4.45. The molecule has 0 bridgehead atoms. The molecule has 3 rings (SSSR count). The van der Waals surface area contributed by atoms with Crippen molar-refractivity contribution in [2.75, 3.05) is 11.9 Å². The van der Waals surface area contributed by atoms with Crippen molar-refractivity contribution in [3.8, 4) is 0 Å². The quantitative estimate of drug-likeness (QED) is 0.763. The van der Waals surface area contributed by atoms with Crippen molar-refractivity contribution in [1.82, 2.24) is 0 Å². The van der Waals surface area contributed by atoms with Crippen LogP contribution in [0.4, 0.5) is 5.69 Å². The Bertz CT molecular complexity index is 511. The lowest BCUT2D eigenvalue weighted by molar-refractivity contribution is -0.140. The number of carbonyl (C=O) groups excluding carboxylic acids is 1. The van der Waals surface area contributed by atoms with Gasteiger partial charge in [-0.1, -0.05) is 18.2 Å². The second kappa shape index (κ2) is 2.64. The van der Waals surface area contributed by atoms with Crippen LogP contribution in [0.3, 0.4) is 0 Å². The molecule has 2 atom stereocenters. The number of carboxylic acid groups (broad SMARTS) is 1. The van der Waals surface area contributed by atoms with E-state index in [4.69, 9.17) is 5.11 Å². The summed E-state index contributed by atoms with van der Waals surface area (Å²) in [7, 11) is 1.70. The standard InChI is InChI=1S/C12H11NO3/c1-13-9-5-3-2-4-7(9)12(11(13)16)6-8(12)10(14)15/h2-5,8H,6H2,1H3,(H,14,15)/t8-,12-/m1/s1. The van der Waals surface area contributed by atoms with Crippen LogP contribution < -0.4 is 4.90 Å². The van der Waals surface area contributed by atoms with Crippen LogP contribution in [0, 0.1) is 5.92 Å². The zero-order valence-corrected chi connectivity index (χ0v) is 8.80. The number of anilines is 1. The molecule has 0 radical (unpaired) electrons. The van der Waals surface area contributed by atoms with Gasteiger partial charge in [0.2, 0.25) is 5.91 Å². The highest BCUT2D eigenvalue weighted by Gasteiger charge is 2.69. The molecule has 16 heavy (non-hydrogen) atoms. The SMILES string of the molecule is CN1C(=O)[C@]2(C[C@@H]2C(=O)O)c2ccccc21. The van der Waals surface area contributed by atoms with Gasteiger partial charge >= 0.3 is 5.97 Å². The zero-order chi connectivity index (χ0) is 11.5. The van der Waals surface area contributed by atoms with E-state index < -0.39 is 17.3 Å². The van der Waals surface area contributed by atoms with Gasteiger partial charge in [0.05, 0.1) is 11.3 Å². The molecule has 0 unspecified atom stereocenters. The van der Waals surface area contributed by atoms with E-state index in [2.05, 4.69) is 0 Å². The average Bonchev–Trinajstić information content (AvgIpc) is 2.99. The van der Waals surface area contributed by atoms with E-state index in [9.17, 15) is 9.59 Å². The normalized spacial score (nSPS) is 30.7. The Kier molecular flexibility index (Phi) is 1.55. The lowest BCUT2D eigenvalue weighted by Crippen LogP contribution is -2.30. The van der Waals surface area contributed by atoms with Gasteiger partial charge in [0.1, 0.15) is 0 Å². The maximum Gasteiger partial charge on any atom is 0.307 e. The predicted molar refractivity (Wildman–Crippen MR) is 57.3 cm³/mol. The van der Waals surface area contributed by atoms with Gasteiger partial charge in [-0.25, -0.2) is 0 Å². The Hall–Kier alpha value is -1.84. The van der Waals surface area contributed by atoms with E-state index in [-0.39, 0.29) is 5.91 Å². The first kappa shape index (κ1) is 9.39. The molecule has 1 fully saturated rings. The van der Waals surface area contributed by atoms with Crippen molar-refractivity contribution in [2.45, 2.75) is 11.8 Å². The molecular formula is C12H11NO3. The summed E-state index contributed by atoms with van der Waals surface area (Å²) >= 11 is 0. The monoisotopic (exact) mass is 217 g/mol. The van der Waals surface area contributed by atoms with Gasteiger partial charge in [0, 0.05) is 12.7 Å². The molecule has 0 saturated heterocycles. The van der Waals surface area contributed by atoms with Crippen molar-refractivity contribution in [3.05, 3.63) is 29.8 Å². The lowest BCUT2D eigenvalue weighted by Gasteiger charge is -2.09. The number of benzene rings is 1. The van der Waals surface area contributed by atoms with E-state index in [0.29, 0.717) is 6.42 Å². The largest absolute Gasteiger partial charge is 0.481 e. The number of amides is 1. The smallest absolute Gasteiger partial charge is 0.307 e. The molecule has 1 aromatic rings. The lowest BCUT2D eigenvalue weighted by atomic mass is 9.95. The number of para-hydroxylation sites is 1. The van der Waals surface area contributed by atoms with Crippen molar-refractivity contribution in [2.24, 2.45) is 5.92 Å². The summed E-state index contributed by atoms with van der Waals surface area (Å²) in [5.41, 5.74) is 0.947. The molecule has 1 saturated carbocycles. The Morgan fingerprint density at radius 2 is 2.19 bits per heavy atom. The highest BCUT2D eigenvalue weighted by molar-refractivity contribution is 6.13. The summed E-state index contributed by atoms with van der Waals surface area (Å²) in [6, 6.07) is 7.43. The second-order valence-electron chi connectivity index (χ2n) is 4.45. The fourth-order valence-corrected chi connectivity index (χ4v) is 2.76. The van der Waals surface area contributed by atoms with Crippen molar-refractivity contribution >= 4 is 17.6 Å². The zero-order valence-electron chi connectivity index (χ0n) is 8.80. The van der Waals surface area contributed by atoms with Crippen molar-refractivity contribution in [1.29, 1.82) is 0 Å². The van der Waals surface area contributed by atoms with Crippen LogP contribution in [-0.4, -0.2) is 24.0 Å². The molecule has 1 amide bonds. The molecule has 82 valence electrons. The molecule has 4 heteroatoms. The Labute approximate surface area is 92.5 Å². The van der Waals surface area contributed by atoms with Gasteiger partial charge in [-0.2, -0.15) is 0 Å². The topological polar surface area (TPSA) is 57.6 Å². The fraction of sp³-hybridized carbons (Fsp3) is 0.333. The van der Waals surface area contributed by atoms with Gasteiger partial charge in [-0.3, -0.25) is 9.59 Å². The van der Waals surface area contributed by atoms with E-state index in [1.165, 1.54) is 0 Å². The molecule has 1 spiro atoms. The van der Waals surface area contributed by atoms with Crippen LogP contribution in [0.1, 0.15) is 12.0 Å². The first-order chi connectivity index (χ1) is 7.59. The van der Waals surface area contributed by atoms with Crippen LogP contribution in [-0.2, 0) is 15.0 Å². The third-order valence-corrected chi connectivity index (χ3v) is 3.69. The van der Waals surface area contributed by atoms with E-state index >= 15 is 0 Å². The predicted octanol–water partition coefficient (Wildman–Crippen LogP) is 1.01. The fourth-order valence-electron chi connectivity index (χ4n) is 2.76. The third kappa shape index (κ3) is 0.852. The van der Waals surface area contributed by atoms with Crippen LogP contribution in [0.25, 0.3) is 0 Å². The van der Waals surface area contributed by atoms with Crippen LogP contribution >= 0.6 is 0 Å². The maximum absolute atomic E-state index is 12.1. The molecule has 0 aromatic heterocycles. The van der Waals surface area contributed by atoms with E-state index in [1.54, 1.807) is 11.9 Å². The first-order valence-electron chi connectivity index (χ1n) is 5.19. The number of hydrogen-bond donors (Lipinski definition) is 1. The summed E-state index contributed by atoms with van der Waals surface area (Å²) in [5.74, 6) is -1.51. The summed E-state index contributed by atoms with van der Waals surface area (Å²) in [4.78, 5) is 24.7. The molecule has 1 heterocycles. The summed E-state index contributed by atoms with van der Waals surface area (Å²) in [6.07, 6.45) is 0.433. The number of nitrogens with zero attached hydrogens (tertiary/aromatic N) is 1. The molecule has 1 aliphatic heterocycles. The molecular weight excluding hydrogens is 206 g/mol. The maximum atomic E-state index is 12.1. The van der Waals surface area contributed by atoms with Crippen LogP contribution in [0.15, 0.2) is 24.3 Å². The van der Waals surface area contributed by atoms with E-state index in [1.807, 2.05) is 24.3 Å². The van der Waals surface area contributed by atoms with Crippen LogP contribution in [0.5, 0.6) is 0 Å². The number of hydrogen-bond acceptors (Lipinski definition) is 2. The number of aliphatic carboxylic acids is 1. The number of carboxylic acids is 1. The van der Waals surface area contributed by atoms with E-state index in [0.717, 1.165) is 11.3 Å². The molecule has 2 aliphatic rings. The molecule has 1 aliphatic carbocycles. The highest BCUT2D eigenvalue weighted by atomic mass is 16.4. The first-order valence-corrected chi connectivity index (χ1v) is 5.19. The summed E-state index contributed by atoms with van der Waals surface area (Å²) < 4.78 is 0. The average molecular weight is 217 g/mol. The highest BCUT2D eigenvalue weighted by Crippen LogP contribution is 2.61. The molecule has 4 nitrogen and oxygen atoms in total. The Morgan fingerprint density at radius 3 is 2.81 bits per heavy atom. The number of likely N-dealkylation sites (N-methyl/N-ethyl adjacent to an activating group) is 1. The minimum Gasteiger partial charge on any atom is -0.481 e. The van der Waals surface area contributed by atoms with Gasteiger partial charge in [-0.05, 0) is 18.1 Å². The number of fused-ring (bicyclic) bond motifs is 2. The molecule has 1 aromatic carbocycles. The summed E-state index contributed by atoms with van der Waals surface area (Å²) in [5, 5.41) is 9.04. The van der Waals surface area contributed by atoms with Crippen molar-refractivity contribution in [3.63, 3.8) is 0 Å². The van der Waals surface area contributed by atoms with Crippen molar-refractivity contribution < 1.29 is 14.7 Å². The van der Waals surface area contributed by atoms with Gasteiger partial charge < -0.3 is 10.0 Å². The minimum absolute atomic E-state index is 0.0823. The Balaban J connectivity index is 2.17. The minimum atomic E-state index is -0.876. The molecule has 1 N–H and O–H groups in total. The summed E-state index contributed by atoms with van der Waals surface area (Å²) in [6.45, 7) is 0. The van der Waals surface area contributed by atoms with Gasteiger partial charge in [0.15, 0.2) is 0 Å². The van der Waals surface area contributed by atoms with Crippen LogP contribution in [0.2, 0.25) is 0 Å². The van der Waals surface area contributed by atoms with Gasteiger partial charge in [0.25, 0.3) is 0 Å². The number of rotatable bonds is 1. The van der Waals surface area contributed by atoms with Gasteiger partial charge in [-0.15, -0.1) is 0 Å². The third-order valence-electron chi connectivity index (χ3n) is 3.69. The number of carbonyl (C=O) groups is 2. The Morgan fingerprint density at radius 1 is 1.50 bits per heavy atom.